The lowest BCUT2D eigenvalue weighted by molar-refractivity contribution is 0.459. The zero-order valence-corrected chi connectivity index (χ0v) is 11.1. The van der Waals surface area contributed by atoms with Gasteiger partial charge in [0.15, 0.2) is 10.9 Å². The number of rotatable bonds is 2. The number of ether oxygens (including phenoxy) is 1. The zero-order valence-electron chi connectivity index (χ0n) is 9.55. The first-order chi connectivity index (χ1) is 9.24. The van der Waals surface area contributed by atoms with E-state index in [-0.39, 0.29) is 0 Å². The average molecular weight is 292 g/mol. The highest BCUT2D eigenvalue weighted by Gasteiger charge is 2.08. The van der Waals surface area contributed by atoms with Gasteiger partial charge in [0.2, 0.25) is 5.88 Å². The molecule has 94 valence electrons. The van der Waals surface area contributed by atoms with Gasteiger partial charge in [-0.2, -0.15) is 0 Å². The largest absolute Gasteiger partial charge is 0.435 e. The van der Waals surface area contributed by atoms with Crippen molar-refractivity contribution in [2.24, 2.45) is 0 Å². The number of fused-ring (bicyclic) bond motifs is 1. The molecule has 2 heterocycles. The molecule has 0 aliphatic carbocycles. The summed E-state index contributed by atoms with van der Waals surface area (Å²) in [5.41, 5.74) is 0.673. The molecular weight excluding hydrogens is 285 g/mol. The molecule has 0 aliphatic rings. The van der Waals surface area contributed by atoms with Gasteiger partial charge >= 0.3 is 0 Å². The van der Waals surface area contributed by atoms with Crippen LogP contribution in [-0.2, 0) is 0 Å². The molecule has 2 aromatic heterocycles. The smallest absolute Gasteiger partial charge is 0.239 e. The Morgan fingerprint density at radius 1 is 0.947 bits per heavy atom. The molecular formula is C13H7Cl2N3O. The van der Waals surface area contributed by atoms with E-state index in [9.17, 15) is 0 Å². The molecule has 6 heteroatoms. The molecule has 0 radical (unpaired) electrons. The number of nitrogens with zero attached hydrogens (tertiary/aromatic N) is 3. The second-order valence-electron chi connectivity index (χ2n) is 3.74. The quantitative estimate of drug-likeness (QED) is 0.712. The second-order valence-corrected chi connectivity index (χ2v) is 4.54. The van der Waals surface area contributed by atoms with E-state index >= 15 is 0 Å². The molecule has 0 fully saturated rings. The summed E-state index contributed by atoms with van der Waals surface area (Å²) in [5.74, 6) is 0.912. The molecule has 0 atom stereocenters. The molecule has 0 saturated heterocycles. The van der Waals surface area contributed by atoms with Crippen molar-refractivity contribution in [3.05, 3.63) is 52.8 Å². The fourth-order valence-corrected chi connectivity index (χ4v) is 1.98. The van der Waals surface area contributed by atoms with Crippen LogP contribution in [0, 0.1) is 0 Å². The predicted octanol–water partition coefficient (Wildman–Crippen LogP) is 4.12. The molecule has 0 amide bonds. The van der Waals surface area contributed by atoms with Crippen molar-refractivity contribution in [1.82, 2.24) is 15.2 Å². The van der Waals surface area contributed by atoms with Crippen LogP contribution in [0.4, 0.5) is 0 Å². The van der Waals surface area contributed by atoms with Crippen molar-refractivity contribution < 1.29 is 4.74 Å². The Morgan fingerprint density at radius 3 is 2.63 bits per heavy atom. The molecule has 0 spiro atoms. The van der Waals surface area contributed by atoms with Crippen LogP contribution in [0.25, 0.3) is 10.9 Å². The van der Waals surface area contributed by atoms with Crippen LogP contribution in [-0.4, -0.2) is 15.2 Å². The van der Waals surface area contributed by atoms with Crippen LogP contribution in [0.15, 0.2) is 42.6 Å². The third kappa shape index (κ3) is 2.45. The van der Waals surface area contributed by atoms with Crippen LogP contribution in [0.2, 0.25) is 10.2 Å². The highest BCUT2D eigenvalue weighted by molar-refractivity contribution is 6.35. The number of pyridine rings is 1. The maximum absolute atomic E-state index is 6.11. The fraction of sp³-hybridized carbons (Fsp3) is 0. The van der Waals surface area contributed by atoms with Gasteiger partial charge in [0.25, 0.3) is 0 Å². The van der Waals surface area contributed by atoms with Crippen molar-refractivity contribution >= 4 is 34.1 Å². The van der Waals surface area contributed by atoms with Crippen molar-refractivity contribution in [2.45, 2.75) is 0 Å². The molecule has 1 aromatic carbocycles. The second kappa shape index (κ2) is 4.99. The van der Waals surface area contributed by atoms with E-state index in [4.69, 9.17) is 27.9 Å². The van der Waals surface area contributed by atoms with E-state index in [0.717, 1.165) is 5.39 Å². The third-order valence-electron chi connectivity index (χ3n) is 2.50. The fourth-order valence-electron chi connectivity index (χ4n) is 1.67. The van der Waals surface area contributed by atoms with Gasteiger partial charge in [0, 0.05) is 17.6 Å². The summed E-state index contributed by atoms with van der Waals surface area (Å²) in [7, 11) is 0. The van der Waals surface area contributed by atoms with Crippen LogP contribution in [0.1, 0.15) is 0 Å². The lowest BCUT2D eigenvalue weighted by Gasteiger charge is -2.07. The monoisotopic (exact) mass is 291 g/mol. The normalized spacial score (nSPS) is 10.6. The van der Waals surface area contributed by atoms with E-state index in [2.05, 4.69) is 15.2 Å². The van der Waals surface area contributed by atoms with Crippen molar-refractivity contribution in [3.63, 3.8) is 0 Å². The number of benzene rings is 1. The Kier molecular flexibility index (Phi) is 3.19. The van der Waals surface area contributed by atoms with Gasteiger partial charge < -0.3 is 4.74 Å². The summed E-state index contributed by atoms with van der Waals surface area (Å²) in [6.45, 7) is 0. The van der Waals surface area contributed by atoms with Crippen LogP contribution >= 0.6 is 23.2 Å². The number of halogens is 2. The minimum absolute atomic E-state index is 0.312. The molecule has 0 bridgehead atoms. The van der Waals surface area contributed by atoms with Gasteiger partial charge in [-0.25, -0.2) is 0 Å². The minimum atomic E-state index is 0.312. The molecule has 0 unspecified atom stereocenters. The van der Waals surface area contributed by atoms with Gasteiger partial charge in [0.05, 0.1) is 5.02 Å². The topological polar surface area (TPSA) is 47.9 Å². The highest BCUT2D eigenvalue weighted by Crippen LogP contribution is 2.31. The standard InChI is InChI=1S/C13H7Cl2N3O/c14-9-3-4-10(13-8(9)2-1-7-16-13)19-12-6-5-11(15)17-18-12/h1-7H. The minimum Gasteiger partial charge on any atom is -0.435 e. The van der Waals surface area contributed by atoms with E-state index in [1.54, 1.807) is 30.5 Å². The first-order valence-corrected chi connectivity index (χ1v) is 6.20. The molecule has 3 aromatic rings. The maximum Gasteiger partial charge on any atom is 0.239 e. The number of aromatic nitrogens is 3. The molecule has 0 N–H and O–H groups in total. The number of hydrogen-bond acceptors (Lipinski definition) is 4. The van der Waals surface area contributed by atoms with Gasteiger partial charge in [-0.05, 0) is 30.3 Å². The van der Waals surface area contributed by atoms with E-state index in [0.29, 0.717) is 27.3 Å². The van der Waals surface area contributed by atoms with Gasteiger partial charge in [-0.3, -0.25) is 4.98 Å². The Balaban J connectivity index is 2.06. The molecule has 0 aliphatic heterocycles. The summed E-state index contributed by atoms with van der Waals surface area (Å²) in [6.07, 6.45) is 1.68. The Hall–Kier alpha value is -1.91. The maximum atomic E-state index is 6.11. The lowest BCUT2D eigenvalue weighted by atomic mass is 10.2. The average Bonchev–Trinajstić information content (AvgIpc) is 2.45. The van der Waals surface area contributed by atoms with Crippen molar-refractivity contribution in [2.75, 3.05) is 0 Å². The van der Waals surface area contributed by atoms with Gasteiger partial charge in [0.1, 0.15) is 5.52 Å². The molecule has 0 saturated carbocycles. The molecule has 19 heavy (non-hydrogen) atoms. The van der Waals surface area contributed by atoms with Gasteiger partial charge in [-0.1, -0.05) is 23.2 Å². The highest BCUT2D eigenvalue weighted by atomic mass is 35.5. The summed E-state index contributed by atoms with van der Waals surface area (Å²) in [4.78, 5) is 4.27. The first kappa shape index (κ1) is 12.1. The van der Waals surface area contributed by atoms with E-state index in [1.807, 2.05) is 12.1 Å². The van der Waals surface area contributed by atoms with Gasteiger partial charge in [-0.15, -0.1) is 10.2 Å². The van der Waals surface area contributed by atoms with Crippen molar-refractivity contribution in [1.29, 1.82) is 0 Å². The summed E-state index contributed by atoms with van der Waals surface area (Å²) >= 11 is 11.8. The van der Waals surface area contributed by atoms with Crippen LogP contribution in [0.5, 0.6) is 11.6 Å². The Labute approximate surface area is 119 Å². The lowest BCUT2D eigenvalue weighted by Crippen LogP contribution is -1.92. The SMILES string of the molecule is Clc1ccc(Oc2ccc(Cl)c3cccnc23)nn1. The zero-order chi connectivity index (χ0) is 13.2. The molecule has 3 rings (SSSR count). The van der Waals surface area contributed by atoms with Crippen molar-refractivity contribution in [3.8, 4) is 11.6 Å². The van der Waals surface area contributed by atoms with E-state index < -0.39 is 0 Å². The van der Waals surface area contributed by atoms with Crippen LogP contribution in [0.3, 0.4) is 0 Å². The van der Waals surface area contributed by atoms with Crippen LogP contribution < -0.4 is 4.74 Å². The van der Waals surface area contributed by atoms with E-state index in [1.165, 1.54) is 0 Å². The first-order valence-electron chi connectivity index (χ1n) is 5.44. The summed E-state index contributed by atoms with van der Waals surface area (Å²) < 4.78 is 5.65. The number of hydrogen-bond donors (Lipinski definition) is 0. The summed E-state index contributed by atoms with van der Waals surface area (Å²) in [6, 6.07) is 10.4. The third-order valence-corrected chi connectivity index (χ3v) is 3.03. The Morgan fingerprint density at radius 2 is 1.84 bits per heavy atom. The molecule has 4 nitrogen and oxygen atoms in total. The predicted molar refractivity (Wildman–Crippen MR) is 73.9 cm³/mol. The summed E-state index contributed by atoms with van der Waals surface area (Å²) in [5, 5.41) is 9.31. The Bertz CT molecular complexity index is 732.